The molecule has 5 rings (SSSR count). The van der Waals surface area contributed by atoms with Crippen molar-refractivity contribution in [3.05, 3.63) is 100 Å². The summed E-state index contributed by atoms with van der Waals surface area (Å²) in [6.45, 7) is 6.15. The number of nitrogens with one attached hydrogen (secondary N) is 1. The van der Waals surface area contributed by atoms with Crippen LogP contribution in [0.25, 0.3) is 11.3 Å². The monoisotopic (exact) mass is 516 g/mol. The predicted octanol–water partition coefficient (Wildman–Crippen LogP) is 5.46. The average molecular weight is 517 g/mol. The van der Waals surface area contributed by atoms with Crippen molar-refractivity contribution in [3.8, 4) is 28.5 Å². The molecule has 0 saturated carbocycles. The van der Waals surface area contributed by atoms with E-state index in [1.807, 2.05) is 37.3 Å². The molecule has 188 valence electrons. The van der Waals surface area contributed by atoms with Crippen LogP contribution in [0, 0.1) is 6.92 Å². The fraction of sp³-hybridized carbons (Fsp3) is 0.179. The number of amides is 1. The van der Waals surface area contributed by atoms with Crippen LogP contribution in [0.15, 0.2) is 67.5 Å². The molecule has 0 fully saturated rings. The van der Waals surface area contributed by atoms with Gasteiger partial charge in [0.1, 0.15) is 23.7 Å². The van der Waals surface area contributed by atoms with Gasteiger partial charge in [0.15, 0.2) is 11.5 Å². The summed E-state index contributed by atoms with van der Waals surface area (Å²) >= 11 is 6.40. The number of phenols is 1. The maximum Gasteiger partial charge on any atom is 0.273 e. The van der Waals surface area contributed by atoms with Crippen molar-refractivity contribution >= 4 is 17.5 Å². The van der Waals surface area contributed by atoms with Crippen LogP contribution < -0.4 is 9.47 Å². The lowest BCUT2D eigenvalue weighted by atomic mass is 9.95. The third-order valence-electron chi connectivity index (χ3n) is 6.33. The van der Waals surface area contributed by atoms with Gasteiger partial charge in [-0.3, -0.25) is 14.9 Å². The van der Waals surface area contributed by atoms with E-state index in [2.05, 4.69) is 21.8 Å². The Morgan fingerprint density at radius 1 is 1.24 bits per heavy atom. The second-order valence-corrected chi connectivity index (χ2v) is 9.09. The molecule has 2 aromatic carbocycles. The minimum Gasteiger partial charge on any atom is -0.507 e. The molecule has 0 bridgehead atoms. The van der Waals surface area contributed by atoms with Crippen LogP contribution in [-0.4, -0.2) is 44.8 Å². The summed E-state index contributed by atoms with van der Waals surface area (Å²) in [5.41, 5.74) is 4.29. The average Bonchev–Trinajstić information content (AvgIpc) is 3.44. The van der Waals surface area contributed by atoms with E-state index in [0.717, 1.165) is 16.7 Å². The zero-order valence-electron chi connectivity index (χ0n) is 20.4. The quantitative estimate of drug-likeness (QED) is 0.302. The van der Waals surface area contributed by atoms with Crippen LogP contribution in [0.3, 0.4) is 0 Å². The van der Waals surface area contributed by atoms with Gasteiger partial charge in [-0.25, -0.2) is 0 Å². The van der Waals surface area contributed by atoms with Gasteiger partial charge < -0.3 is 19.5 Å². The molecule has 4 aromatic rings. The highest BCUT2D eigenvalue weighted by atomic mass is 35.5. The molecule has 1 atom stereocenters. The number of hydrogen-bond acceptors (Lipinski definition) is 6. The van der Waals surface area contributed by atoms with Crippen molar-refractivity contribution in [2.75, 3.05) is 13.7 Å². The van der Waals surface area contributed by atoms with Gasteiger partial charge in [-0.1, -0.05) is 36.4 Å². The molecule has 9 heteroatoms. The normalized spacial score (nSPS) is 14.5. The van der Waals surface area contributed by atoms with E-state index in [4.69, 9.17) is 21.1 Å². The Morgan fingerprint density at radius 2 is 2.08 bits per heavy atom. The number of ether oxygens (including phenoxy) is 2. The van der Waals surface area contributed by atoms with Crippen molar-refractivity contribution in [3.63, 3.8) is 0 Å². The number of pyridine rings is 1. The largest absolute Gasteiger partial charge is 0.507 e. The summed E-state index contributed by atoms with van der Waals surface area (Å²) in [4.78, 5) is 19.6. The number of carbonyl (C=O) groups is 1. The Labute approximate surface area is 219 Å². The summed E-state index contributed by atoms with van der Waals surface area (Å²) in [6.07, 6.45) is 5.07. The number of H-pyrrole nitrogens is 1. The van der Waals surface area contributed by atoms with Gasteiger partial charge in [-0.2, -0.15) is 5.10 Å². The molecule has 1 unspecified atom stereocenters. The Balaban J connectivity index is 1.67. The highest BCUT2D eigenvalue weighted by Gasteiger charge is 2.43. The van der Waals surface area contributed by atoms with E-state index in [-0.39, 0.29) is 11.7 Å². The number of rotatable bonds is 8. The number of methoxy groups -OCH3 is 1. The maximum absolute atomic E-state index is 13.7. The van der Waals surface area contributed by atoms with Crippen LogP contribution in [0.5, 0.6) is 17.2 Å². The fourth-order valence-electron chi connectivity index (χ4n) is 4.58. The lowest BCUT2D eigenvalue weighted by Crippen LogP contribution is -2.29. The van der Waals surface area contributed by atoms with Crippen molar-refractivity contribution in [1.29, 1.82) is 0 Å². The van der Waals surface area contributed by atoms with Crippen LogP contribution in [0.4, 0.5) is 0 Å². The highest BCUT2D eigenvalue weighted by molar-refractivity contribution is 6.31. The molecule has 0 aliphatic carbocycles. The number of benzene rings is 2. The number of hydrogen-bond donors (Lipinski definition) is 2. The van der Waals surface area contributed by atoms with E-state index >= 15 is 0 Å². The SMILES string of the molecule is C=CCOc1ccc(C2c3c(-c4cc(Cl)c(C)cc4O)n[nH]c3C(=O)N2Cc2cccnc2)cc1OC. The van der Waals surface area contributed by atoms with Crippen molar-refractivity contribution in [2.45, 2.75) is 19.5 Å². The first-order valence-corrected chi connectivity index (χ1v) is 12.0. The molecule has 1 aliphatic rings. The minimum atomic E-state index is -0.529. The summed E-state index contributed by atoms with van der Waals surface area (Å²) in [6, 6.07) is 12.0. The first kappa shape index (κ1) is 24.4. The molecule has 2 aromatic heterocycles. The lowest BCUT2D eigenvalue weighted by molar-refractivity contribution is 0.0729. The third kappa shape index (κ3) is 4.40. The molecule has 1 amide bonds. The molecule has 0 radical (unpaired) electrons. The Kier molecular flexibility index (Phi) is 6.58. The van der Waals surface area contributed by atoms with E-state index in [1.165, 1.54) is 0 Å². The number of phenolic OH excluding ortho intramolecular Hbond substituents is 1. The molecule has 1 aliphatic heterocycles. The lowest BCUT2D eigenvalue weighted by Gasteiger charge is -2.27. The molecule has 3 heterocycles. The standard InChI is InChI=1S/C28H25ClN4O4/c1-4-10-37-22-8-7-18(12-23(22)36-3)27-24-25(19-13-20(29)16(2)11-21(19)34)31-32-26(24)28(35)33(27)15-17-6-5-9-30-14-17/h4-9,11-14,27,34H,1,10,15H2,2-3H3,(H,31,32). The number of aryl methyl sites for hydroxylation is 1. The van der Waals surface area contributed by atoms with Gasteiger partial charge >= 0.3 is 0 Å². The number of halogens is 1. The second kappa shape index (κ2) is 9.99. The van der Waals surface area contributed by atoms with Crippen LogP contribution in [0.2, 0.25) is 5.02 Å². The van der Waals surface area contributed by atoms with E-state index < -0.39 is 6.04 Å². The number of nitrogens with zero attached hydrogens (tertiary/aromatic N) is 3. The zero-order chi connectivity index (χ0) is 26.1. The van der Waals surface area contributed by atoms with Crippen molar-refractivity contribution in [2.24, 2.45) is 0 Å². The molecule has 37 heavy (non-hydrogen) atoms. The first-order chi connectivity index (χ1) is 17.9. The fourth-order valence-corrected chi connectivity index (χ4v) is 4.74. The van der Waals surface area contributed by atoms with Crippen LogP contribution >= 0.6 is 11.6 Å². The number of fused-ring (bicyclic) bond motifs is 1. The Morgan fingerprint density at radius 3 is 2.81 bits per heavy atom. The molecule has 2 N–H and O–H groups in total. The van der Waals surface area contributed by atoms with Gasteiger partial charge in [0.05, 0.1) is 13.2 Å². The van der Waals surface area contributed by atoms with Crippen molar-refractivity contribution < 1.29 is 19.4 Å². The summed E-state index contributed by atoms with van der Waals surface area (Å²) in [5, 5.41) is 18.6. The summed E-state index contributed by atoms with van der Waals surface area (Å²) < 4.78 is 11.3. The third-order valence-corrected chi connectivity index (χ3v) is 6.74. The maximum atomic E-state index is 13.7. The second-order valence-electron chi connectivity index (χ2n) is 8.69. The number of aromatic hydroxyl groups is 1. The number of aromatic amines is 1. The Hall–Kier alpha value is -4.30. The van der Waals surface area contributed by atoms with E-state index in [1.54, 1.807) is 42.6 Å². The van der Waals surface area contributed by atoms with Crippen LogP contribution in [0.1, 0.15) is 38.8 Å². The van der Waals surface area contributed by atoms with Gasteiger partial charge in [-0.15, -0.1) is 0 Å². The summed E-state index contributed by atoms with van der Waals surface area (Å²) in [5.74, 6) is 0.892. The topological polar surface area (TPSA) is 101 Å². The van der Waals surface area contributed by atoms with E-state index in [9.17, 15) is 9.90 Å². The Bertz CT molecular complexity index is 1490. The van der Waals surface area contributed by atoms with Gasteiger partial charge in [-0.05, 0) is 53.9 Å². The molecule has 8 nitrogen and oxygen atoms in total. The predicted molar refractivity (Wildman–Crippen MR) is 140 cm³/mol. The van der Waals surface area contributed by atoms with Gasteiger partial charge in [0, 0.05) is 35.1 Å². The van der Waals surface area contributed by atoms with Gasteiger partial charge in [0.2, 0.25) is 0 Å². The number of carbonyl (C=O) groups excluding carboxylic acids is 1. The highest BCUT2D eigenvalue weighted by Crippen LogP contribution is 2.47. The van der Waals surface area contributed by atoms with Crippen molar-refractivity contribution in [1.82, 2.24) is 20.1 Å². The molecule has 0 spiro atoms. The smallest absolute Gasteiger partial charge is 0.273 e. The molecular formula is C28H25ClN4O4. The zero-order valence-corrected chi connectivity index (χ0v) is 21.1. The van der Waals surface area contributed by atoms with E-state index in [0.29, 0.717) is 52.2 Å². The molecular weight excluding hydrogens is 492 g/mol. The molecule has 0 saturated heterocycles. The van der Waals surface area contributed by atoms with Crippen LogP contribution in [-0.2, 0) is 6.54 Å². The first-order valence-electron chi connectivity index (χ1n) is 11.6. The summed E-state index contributed by atoms with van der Waals surface area (Å²) in [7, 11) is 1.56. The minimum absolute atomic E-state index is 0.0267. The number of aromatic nitrogens is 3. The van der Waals surface area contributed by atoms with Gasteiger partial charge in [0.25, 0.3) is 5.91 Å².